The number of carbonyl (C=O) groups excluding carboxylic acids is 1. The molecule has 6 nitrogen and oxygen atoms in total. The van der Waals surface area contributed by atoms with Gasteiger partial charge >= 0.3 is 0 Å². The Labute approximate surface area is 180 Å². The zero-order chi connectivity index (χ0) is 18.6. The van der Waals surface area contributed by atoms with Gasteiger partial charge in [-0.3, -0.25) is 4.79 Å². The molecule has 0 saturated carbocycles. The van der Waals surface area contributed by atoms with E-state index in [9.17, 15) is 4.79 Å². The fourth-order valence-corrected chi connectivity index (χ4v) is 4.06. The Morgan fingerprint density at radius 3 is 2.43 bits per heavy atom. The van der Waals surface area contributed by atoms with E-state index < -0.39 is 0 Å². The lowest BCUT2D eigenvalue weighted by Gasteiger charge is -2.32. The molecule has 28 heavy (non-hydrogen) atoms. The fraction of sp³-hybridized carbons (Fsp3) is 0.381. The quantitative estimate of drug-likeness (QED) is 0.372. The Morgan fingerprint density at radius 1 is 0.893 bits per heavy atom. The van der Waals surface area contributed by atoms with Gasteiger partial charge in [0.25, 0.3) is 0 Å². The van der Waals surface area contributed by atoms with Crippen molar-refractivity contribution in [3.63, 3.8) is 0 Å². The van der Waals surface area contributed by atoms with Gasteiger partial charge in [0.2, 0.25) is 13.6 Å². The largest absolute Gasteiger partial charge is 1.00 e. The van der Waals surface area contributed by atoms with Crippen molar-refractivity contribution < 1.29 is 52.2 Å². The van der Waals surface area contributed by atoms with Crippen molar-refractivity contribution in [2.45, 2.75) is 19.4 Å². The average molecular weight is 495 g/mol. The summed E-state index contributed by atoms with van der Waals surface area (Å²) in [6, 6.07) is 7.71. The third-order valence-corrected chi connectivity index (χ3v) is 5.56. The number of carbonyl (C=O) groups is 1. The van der Waals surface area contributed by atoms with Crippen LogP contribution in [0.1, 0.15) is 27.0 Å². The standard InChI is InChI=1S/C21H22NO5.HI/c1-22(2)6-5-14-8-19-20(26-11-25-19)9-15(14)17(23)7-13-3-4-18-21(16(13)10-22)27-12-24-18;/h3-4,8-9H,5-7,10-12H2,1-2H3;1H/q+1;/p-1. The van der Waals surface area contributed by atoms with Gasteiger partial charge in [-0.1, -0.05) is 6.07 Å². The summed E-state index contributed by atoms with van der Waals surface area (Å²) >= 11 is 0. The normalized spacial score (nSPS) is 18.7. The van der Waals surface area contributed by atoms with Crippen LogP contribution in [0, 0.1) is 0 Å². The maximum absolute atomic E-state index is 13.2. The number of Topliss-reactive ketones (excluding diaryl/α,β-unsaturated/α-hetero) is 1. The predicted octanol–water partition coefficient (Wildman–Crippen LogP) is -0.294. The smallest absolute Gasteiger partial charge is 0.231 e. The van der Waals surface area contributed by atoms with Gasteiger partial charge in [-0.25, -0.2) is 0 Å². The van der Waals surface area contributed by atoms with Gasteiger partial charge in [0.15, 0.2) is 28.8 Å². The van der Waals surface area contributed by atoms with Crippen LogP contribution in [0.3, 0.4) is 0 Å². The molecule has 0 bridgehead atoms. The molecule has 0 aromatic heterocycles. The predicted molar refractivity (Wildman–Crippen MR) is 97.5 cm³/mol. The third kappa shape index (κ3) is 3.30. The van der Waals surface area contributed by atoms with Crippen LogP contribution in [0.15, 0.2) is 24.3 Å². The van der Waals surface area contributed by atoms with Crippen LogP contribution in [0.25, 0.3) is 0 Å². The number of nitrogens with zero attached hydrogens (tertiary/aromatic N) is 1. The molecule has 0 fully saturated rings. The Morgan fingerprint density at radius 2 is 1.61 bits per heavy atom. The van der Waals surface area contributed by atoms with Gasteiger partial charge in [-0.05, 0) is 29.3 Å². The second-order valence-electron chi connectivity index (χ2n) is 7.97. The molecule has 3 aliphatic rings. The highest BCUT2D eigenvalue weighted by molar-refractivity contribution is 6.00. The number of hydrogen-bond acceptors (Lipinski definition) is 5. The van der Waals surface area contributed by atoms with E-state index in [4.69, 9.17) is 18.9 Å². The van der Waals surface area contributed by atoms with Gasteiger partial charge in [-0.15, -0.1) is 0 Å². The first-order valence-electron chi connectivity index (χ1n) is 9.18. The summed E-state index contributed by atoms with van der Waals surface area (Å²) in [4.78, 5) is 13.2. The van der Waals surface area contributed by atoms with E-state index in [2.05, 4.69) is 14.1 Å². The minimum absolute atomic E-state index is 0. The summed E-state index contributed by atoms with van der Waals surface area (Å²) in [5.74, 6) is 3.03. The first-order valence-corrected chi connectivity index (χ1v) is 9.18. The van der Waals surface area contributed by atoms with E-state index in [0.29, 0.717) is 12.2 Å². The number of halogens is 1. The Hall–Kier alpha value is -2.00. The molecule has 7 heteroatoms. The SMILES string of the molecule is C[N+]1(C)CCc2cc3c(cc2C(=O)Cc2ccc4c(c2C1)OCO4)OCO3.[I-]. The van der Waals surface area contributed by atoms with E-state index in [1.807, 2.05) is 24.3 Å². The molecule has 148 valence electrons. The molecule has 0 N–H and O–H groups in total. The maximum Gasteiger partial charge on any atom is 0.231 e. The molecule has 2 aromatic carbocycles. The number of benzene rings is 2. The van der Waals surface area contributed by atoms with Crippen molar-refractivity contribution in [1.29, 1.82) is 0 Å². The van der Waals surface area contributed by atoms with Crippen molar-refractivity contribution in [2.75, 3.05) is 34.2 Å². The van der Waals surface area contributed by atoms with Crippen molar-refractivity contribution in [3.05, 3.63) is 46.5 Å². The summed E-state index contributed by atoms with van der Waals surface area (Å²) in [6.45, 7) is 2.12. The molecule has 3 aliphatic heterocycles. The fourth-order valence-electron chi connectivity index (χ4n) is 4.06. The van der Waals surface area contributed by atoms with Crippen molar-refractivity contribution >= 4 is 5.78 Å². The first-order chi connectivity index (χ1) is 13.0. The minimum Gasteiger partial charge on any atom is -1.00 e. The second kappa shape index (κ2) is 7.11. The molecule has 0 radical (unpaired) electrons. The van der Waals surface area contributed by atoms with E-state index in [1.54, 1.807) is 0 Å². The lowest BCUT2D eigenvalue weighted by atomic mass is 9.92. The maximum atomic E-state index is 13.2. The Bertz CT molecular complexity index is 956. The number of rotatable bonds is 0. The van der Waals surface area contributed by atoms with Crippen LogP contribution in [-0.2, 0) is 19.4 Å². The summed E-state index contributed by atoms with van der Waals surface area (Å²) in [5.41, 5.74) is 3.83. The monoisotopic (exact) mass is 495 g/mol. The minimum atomic E-state index is 0. The van der Waals surface area contributed by atoms with Crippen LogP contribution in [-0.4, -0.2) is 44.5 Å². The van der Waals surface area contributed by atoms with Gasteiger partial charge < -0.3 is 47.4 Å². The van der Waals surface area contributed by atoms with Crippen LogP contribution in [0.4, 0.5) is 0 Å². The highest BCUT2D eigenvalue weighted by atomic mass is 127. The first kappa shape index (κ1) is 19.3. The Balaban J connectivity index is 0.00000192. The van der Waals surface area contributed by atoms with Crippen LogP contribution < -0.4 is 42.9 Å². The van der Waals surface area contributed by atoms with E-state index >= 15 is 0 Å². The van der Waals surface area contributed by atoms with E-state index in [1.165, 1.54) is 0 Å². The lowest BCUT2D eigenvalue weighted by Crippen LogP contribution is -3.00. The second-order valence-corrected chi connectivity index (χ2v) is 7.97. The lowest BCUT2D eigenvalue weighted by molar-refractivity contribution is -0.903. The van der Waals surface area contributed by atoms with Crippen LogP contribution in [0.2, 0.25) is 0 Å². The molecule has 0 unspecified atom stereocenters. The summed E-state index contributed by atoms with van der Waals surface area (Å²) < 4.78 is 23.1. The molecule has 5 rings (SSSR count). The molecule has 2 aromatic rings. The number of ether oxygens (including phenoxy) is 4. The topological polar surface area (TPSA) is 54.0 Å². The third-order valence-electron chi connectivity index (χ3n) is 5.56. The van der Waals surface area contributed by atoms with Crippen LogP contribution >= 0.6 is 0 Å². The molecular formula is C21H22INO5. The molecule has 0 amide bonds. The van der Waals surface area contributed by atoms with Gasteiger partial charge in [0.1, 0.15) is 6.54 Å². The number of ketones is 1. The summed E-state index contributed by atoms with van der Waals surface area (Å²) in [6.07, 6.45) is 1.13. The van der Waals surface area contributed by atoms with Crippen molar-refractivity contribution in [3.8, 4) is 23.0 Å². The summed E-state index contributed by atoms with van der Waals surface area (Å²) in [5, 5.41) is 0. The number of fused-ring (bicyclic) bond motifs is 5. The molecular weight excluding hydrogens is 473 g/mol. The highest BCUT2D eigenvalue weighted by Gasteiger charge is 2.30. The Kier molecular flexibility index (Phi) is 4.91. The van der Waals surface area contributed by atoms with Crippen molar-refractivity contribution in [1.82, 2.24) is 0 Å². The zero-order valence-corrected chi connectivity index (χ0v) is 18.1. The summed E-state index contributed by atoms with van der Waals surface area (Å²) in [7, 11) is 4.41. The molecule has 0 spiro atoms. The van der Waals surface area contributed by atoms with Gasteiger partial charge in [0, 0.05) is 18.4 Å². The van der Waals surface area contributed by atoms with E-state index in [-0.39, 0.29) is 43.3 Å². The number of quaternary nitrogens is 1. The number of likely N-dealkylation sites (N-methyl/N-ethyl adjacent to an activating group) is 1. The highest BCUT2D eigenvalue weighted by Crippen LogP contribution is 2.41. The zero-order valence-electron chi connectivity index (χ0n) is 15.9. The van der Waals surface area contributed by atoms with Gasteiger partial charge in [-0.2, -0.15) is 0 Å². The molecule has 0 saturated heterocycles. The molecule has 3 heterocycles. The molecule has 0 aliphatic carbocycles. The average Bonchev–Trinajstić information content (AvgIpc) is 3.28. The van der Waals surface area contributed by atoms with Crippen LogP contribution in [0.5, 0.6) is 23.0 Å². The number of hydrogen-bond donors (Lipinski definition) is 0. The van der Waals surface area contributed by atoms with Crippen molar-refractivity contribution in [2.24, 2.45) is 0 Å². The molecule has 0 atom stereocenters. The van der Waals surface area contributed by atoms with E-state index in [0.717, 1.165) is 63.5 Å². The van der Waals surface area contributed by atoms with Gasteiger partial charge in [0.05, 0.1) is 26.2 Å².